The third-order valence-corrected chi connectivity index (χ3v) is 7.37. The molecule has 10 nitrogen and oxygen atoms in total. The SMILES string of the molecule is N#CC1CN(c2ccc3c(c2)CCN(c2nc4c(cc2F)c(=O)c(C(=O)O)cn4-c2ccc(F)cc2F)CC3)C(=O)O1. The Labute approximate surface area is 235 Å². The van der Waals surface area contributed by atoms with E-state index in [0.717, 1.165) is 40.1 Å². The van der Waals surface area contributed by atoms with Crippen molar-refractivity contribution in [2.45, 2.75) is 18.9 Å². The summed E-state index contributed by atoms with van der Waals surface area (Å²) in [5.74, 6) is -4.50. The number of benzene rings is 2. The van der Waals surface area contributed by atoms with Crippen molar-refractivity contribution >= 4 is 34.6 Å². The van der Waals surface area contributed by atoms with Gasteiger partial charge in [0.15, 0.2) is 17.3 Å². The molecule has 1 fully saturated rings. The van der Waals surface area contributed by atoms with Gasteiger partial charge in [-0.2, -0.15) is 5.26 Å². The summed E-state index contributed by atoms with van der Waals surface area (Å²) in [6.45, 7) is 0.721. The zero-order valence-corrected chi connectivity index (χ0v) is 21.7. The highest BCUT2D eigenvalue weighted by Crippen LogP contribution is 2.30. The lowest BCUT2D eigenvalue weighted by Gasteiger charge is -2.23. The van der Waals surface area contributed by atoms with Gasteiger partial charge in [0.2, 0.25) is 11.5 Å². The van der Waals surface area contributed by atoms with Crippen LogP contribution < -0.4 is 15.2 Å². The molecule has 0 spiro atoms. The molecule has 1 N–H and O–H groups in total. The maximum absolute atomic E-state index is 15.5. The number of carboxylic acids is 1. The number of anilines is 2. The van der Waals surface area contributed by atoms with Crippen molar-refractivity contribution in [3.63, 3.8) is 0 Å². The number of aromatic carboxylic acids is 1. The van der Waals surface area contributed by atoms with Gasteiger partial charge in [-0.05, 0) is 54.3 Å². The van der Waals surface area contributed by atoms with Crippen molar-refractivity contribution in [2.75, 3.05) is 29.4 Å². The van der Waals surface area contributed by atoms with Crippen LogP contribution in [0.5, 0.6) is 0 Å². The fourth-order valence-corrected chi connectivity index (χ4v) is 5.28. The summed E-state index contributed by atoms with van der Waals surface area (Å²) in [6.07, 6.45) is 0.328. The van der Waals surface area contributed by atoms with Crippen molar-refractivity contribution < 1.29 is 32.6 Å². The smallest absolute Gasteiger partial charge is 0.415 e. The molecule has 0 aliphatic carbocycles. The van der Waals surface area contributed by atoms with Crippen LogP contribution in [0, 0.1) is 28.8 Å². The zero-order valence-electron chi connectivity index (χ0n) is 21.7. The zero-order chi connectivity index (χ0) is 29.7. The van der Waals surface area contributed by atoms with E-state index in [1.807, 2.05) is 18.2 Å². The maximum atomic E-state index is 15.5. The first-order chi connectivity index (χ1) is 20.1. The molecule has 1 unspecified atom stereocenters. The summed E-state index contributed by atoms with van der Waals surface area (Å²) in [6, 6.07) is 10.9. The second kappa shape index (κ2) is 10.2. The van der Waals surface area contributed by atoms with Gasteiger partial charge in [-0.25, -0.2) is 27.7 Å². The third-order valence-electron chi connectivity index (χ3n) is 7.37. The first-order valence-electron chi connectivity index (χ1n) is 12.8. The molecule has 2 aliphatic heterocycles. The minimum atomic E-state index is -1.60. The van der Waals surface area contributed by atoms with Gasteiger partial charge in [-0.15, -0.1) is 0 Å². The number of hydrogen-bond donors (Lipinski definition) is 1. The van der Waals surface area contributed by atoms with E-state index in [4.69, 9.17) is 10.00 Å². The number of aromatic nitrogens is 2. The molecule has 0 bridgehead atoms. The van der Waals surface area contributed by atoms with E-state index in [1.165, 1.54) is 4.90 Å². The van der Waals surface area contributed by atoms with Crippen LogP contribution in [0.1, 0.15) is 21.5 Å². The number of pyridine rings is 2. The first kappa shape index (κ1) is 26.8. The molecule has 4 heterocycles. The largest absolute Gasteiger partial charge is 0.477 e. The topological polar surface area (TPSA) is 129 Å². The molecule has 13 heteroatoms. The second-order valence-corrected chi connectivity index (χ2v) is 9.86. The van der Waals surface area contributed by atoms with Gasteiger partial charge in [-0.1, -0.05) is 6.07 Å². The molecule has 2 aromatic heterocycles. The Bertz CT molecular complexity index is 1900. The highest BCUT2D eigenvalue weighted by molar-refractivity contribution is 5.93. The fourth-order valence-electron chi connectivity index (χ4n) is 5.28. The Kier molecular flexibility index (Phi) is 6.53. The Balaban J connectivity index is 1.39. The fraction of sp³-hybridized carbons (Fsp3) is 0.207. The van der Waals surface area contributed by atoms with E-state index in [1.54, 1.807) is 11.0 Å². The quantitative estimate of drug-likeness (QED) is 0.387. The summed E-state index contributed by atoms with van der Waals surface area (Å²) in [4.78, 5) is 44.3. The molecular formula is C29H20F3N5O5. The number of nitrogens with zero attached hydrogens (tertiary/aromatic N) is 5. The van der Waals surface area contributed by atoms with Crippen LogP contribution >= 0.6 is 0 Å². The van der Waals surface area contributed by atoms with Crippen LogP contribution in [0.2, 0.25) is 0 Å². The number of carbonyl (C=O) groups is 2. The number of carbonyl (C=O) groups excluding carboxylic acids is 1. The molecule has 6 rings (SSSR count). The Morgan fingerprint density at radius 1 is 1.02 bits per heavy atom. The van der Waals surface area contributed by atoms with Crippen LogP contribution in [0.3, 0.4) is 0 Å². The van der Waals surface area contributed by atoms with Gasteiger partial charge in [0, 0.05) is 31.0 Å². The molecular weight excluding hydrogens is 555 g/mol. The lowest BCUT2D eigenvalue weighted by atomic mass is 10.0. The van der Waals surface area contributed by atoms with Crippen LogP contribution in [0.4, 0.5) is 29.5 Å². The van der Waals surface area contributed by atoms with E-state index < -0.39 is 46.6 Å². The van der Waals surface area contributed by atoms with Gasteiger partial charge in [0.25, 0.3) is 0 Å². The average molecular weight is 576 g/mol. The van der Waals surface area contributed by atoms with Crippen molar-refractivity contribution in [1.82, 2.24) is 9.55 Å². The normalized spacial score (nSPS) is 16.6. The van der Waals surface area contributed by atoms with E-state index in [9.17, 15) is 28.3 Å². The second-order valence-electron chi connectivity index (χ2n) is 9.86. The number of carboxylic acid groups (broad SMARTS) is 1. The molecule has 1 atom stereocenters. The average Bonchev–Trinajstić information content (AvgIpc) is 3.21. The lowest BCUT2D eigenvalue weighted by molar-refractivity contribution is 0.0695. The molecule has 42 heavy (non-hydrogen) atoms. The minimum Gasteiger partial charge on any atom is -0.477 e. The molecule has 0 radical (unpaired) electrons. The van der Waals surface area contributed by atoms with Crippen molar-refractivity contribution in [3.05, 3.63) is 93.0 Å². The standard InChI is InChI=1S/C29H20F3N5O5/c30-17-2-4-24(22(31)10-17)37-14-21(28(39)40)25(38)20-11-23(32)27(34-26(20)37)35-7-5-15-1-3-18(9-16(15)6-8-35)36-13-19(12-33)42-29(36)41/h1-4,9-11,14,19H,5-8,13H2,(H,39,40). The molecule has 212 valence electrons. The van der Waals surface area contributed by atoms with Crippen LogP contribution in [0.25, 0.3) is 16.7 Å². The number of halogens is 3. The first-order valence-corrected chi connectivity index (χ1v) is 12.8. The number of nitriles is 1. The molecule has 2 aromatic carbocycles. The maximum Gasteiger partial charge on any atom is 0.415 e. The predicted molar refractivity (Wildman–Crippen MR) is 143 cm³/mol. The highest BCUT2D eigenvalue weighted by atomic mass is 19.1. The molecule has 1 amide bonds. The third kappa shape index (κ3) is 4.56. The summed E-state index contributed by atoms with van der Waals surface area (Å²) < 4.78 is 50.0. The number of amides is 1. The summed E-state index contributed by atoms with van der Waals surface area (Å²) in [7, 11) is 0. The van der Waals surface area contributed by atoms with Crippen molar-refractivity contribution in [2.24, 2.45) is 0 Å². The lowest BCUT2D eigenvalue weighted by Crippen LogP contribution is -2.29. The minimum absolute atomic E-state index is 0.104. The van der Waals surface area contributed by atoms with Gasteiger partial charge >= 0.3 is 12.1 Å². The van der Waals surface area contributed by atoms with E-state index >= 15 is 4.39 Å². The summed E-state index contributed by atoms with van der Waals surface area (Å²) >= 11 is 0. The Hall–Kier alpha value is -5.38. The van der Waals surface area contributed by atoms with Crippen molar-refractivity contribution in [1.29, 1.82) is 5.26 Å². The monoisotopic (exact) mass is 575 g/mol. The van der Waals surface area contributed by atoms with E-state index in [-0.39, 0.29) is 29.1 Å². The van der Waals surface area contributed by atoms with Crippen LogP contribution in [-0.4, -0.2) is 52.5 Å². The Morgan fingerprint density at radius 3 is 2.48 bits per heavy atom. The number of ether oxygens (including phenoxy) is 1. The van der Waals surface area contributed by atoms with E-state index in [0.29, 0.717) is 37.7 Å². The predicted octanol–water partition coefficient (Wildman–Crippen LogP) is 3.96. The molecule has 1 saturated heterocycles. The number of rotatable bonds is 4. The van der Waals surface area contributed by atoms with Gasteiger partial charge < -0.3 is 14.7 Å². The molecule has 0 saturated carbocycles. The van der Waals surface area contributed by atoms with Gasteiger partial charge in [0.05, 0.1) is 17.6 Å². The summed E-state index contributed by atoms with van der Waals surface area (Å²) in [5, 5.41) is 18.3. The molecule has 2 aliphatic rings. The Morgan fingerprint density at radius 2 is 1.79 bits per heavy atom. The van der Waals surface area contributed by atoms with Crippen molar-refractivity contribution in [3.8, 4) is 11.8 Å². The van der Waals surface area contributed by atoms with Crippen LogP contribution in [-0.2, 0) is 17.6 Å². The number of fused-ring (bicyclic) bond motifs is 2. The van der Waals surface area contributed by atoms with Crippen LogP contribution in [0.15, 0.2) is 53.5 Å². The van der Waals surface area contributed by atoms with E-state index in [2.05, 4.69) is 4.98 Å². The number of hydrogen-bond acceptors (Lipinski definition) is 7. The summed E-state index contributed by atoms with van der Waals surface area (Å²) in [5.41, 5.74) is 0.233. The number of cyclic esters (lactones) is 1. The van der Waals surface area contributed by atoms with Gasteiger partial charge in [0.1, 0.15) is 23.3 Å². The molecule has 4 aromatic rings. The highest BCUT2D eigenvalue weighted by Gasteiger charge is 2.33. The van der Waals surface area contributed by atoms with Gasteiger partial charge in [-0.3, -0.25) is 14.3 Å².